The number of benzene rings is 9. The molecular weight excluding hydrogens is 749 g/mol. The first kappa shape index (κ1) is 33.5. The molecule has 0 amide bonds. The van der Waals surface area contributed by atoms with Crippen molar-refractivity contribution in [1.29, 1.82) is 0 Å². The lowest BCUT2D eigenvalue weighted by molar-refractivity contribution is 0.620. The van der Waals surface area contributed by atoms with Gasteiger partial charge in [-0.1, -0.05) is 146 Å². The summed E-state index contributed by atoms with van der Waals surface area (Å²) < 4.78 is 10.9. The lowest BCUT2D eigenvalue weighted by Gasteiger charge is -2.15. The fourth-order valence-electron chi connectivity index (χ4n) is 9.29. The van der Waals surface area contributed by atoms with E-state index in [1.165, 1.54) is 5.39 Å². The maximum absolute atomic E-state index is 6.29. The minimum atomic E-state index is 0.539. The van der Waals surface area contributed by atoms with Crippen LogP contribution in [0.4, 0.5) is 0 Å². The molecule has 0 spiro atoms. The molecule has 0 atom stereocenters. The first-order valence-corrected chi connectivity index (χ1v) is 20.4. The molecule has 7 nitrogen and oxygen atoms in total. The molecule has 0 N–H and O–H groups in total. The minimum Gasteiger partial charge on any atom is -0.436 e. The van der Waals surface area contributed by atoms with Crippen LogP contribution in [0.15, 0.2) is 199 Å². The first-order valence-electron chi connectivity index (χ1n) is 20.4. The summed E-state index contributed by atoms with van der Waals surface area (Å²) in [5, 5.41) is 9.03. The molecule has 0 saturated carbocycles. The molecule has 0 aliphatic heterocycles. The molecule has 0 aliphatic carbocycles. The molecule has 7 heteroatoms. The number of rotatable bonds is 5. The van der Waals surface area contributed by atoms with E-state index in [-0.39, 0.29) is 0 Å². The second-order valence-electron chi connectivity index (χ2n) is 15.4. The van der Waals surface area contributed by atoms with E-state index in [0.717, 1.165) is 93.2 Å². The number of hydrogen-bond donors (Lipinski definition) is 0. The van der Waals surface area contributed by atoms with Crippen LogP contribution in [0, 0.1) is 0 Å². The van der Waals surface area contributed by atoms with E-state index in [1.54, 1.807) is 0 Å². The van der Waals surface area contributed by atoms with E-state index >= 15 is 0 Å². The quantitative estimate of drug-likeness (QED) is 0.163. The van der Waals surface area contributed by atoms with Gasteiger partial charge in [-0.2, -0.15) is 9.97 Å². The van der Waals surface area contributed by atoms with E-state index in [0.29, 0.717) is 23.5 Å². The highest BCUT2D eigenvalue weighted by Crippen LogP contribution is 2.42. The smallest absolute Gasteiger partial charge is 0.238 e. The predicted molar refractivity (Wildman–Crippen MR) is 247 cm³/mol. The third kappa shape index (κ3) is 5.11. The van der Waals surface area contributed by atoms with E-state index < -0.39 is 0 Å². The number of oxazole rings is 1. The number of hydrogen-bond acceptors (Lipinski definition) is 5. The van der Waals surface area contributed by atoms with Crippen molar-refractivity contribution >= 4 is 76.3 Å². The van der Waals surface area contributed by atoms with Gasteiger partial charge in [0.05, 0.1) is 22.1 Å². The molecule has 0 fully saturated rings. The third-order valence-corrected chi connectivity index (χ3v) is 12.0. The van der Waals surface area contributed by atoms with Gasteiger partial charge in [0.1, 0.15) is 5.52 Å². The lowest BCUT2D eigenvalue weighted by atomic mass is 9.97. The van der Waals surface area contributed by atoms with Crippen LogP contribution >= 0.6 is 0 Å². The highest BCUT2D eigenvalue weighted by atomic mass is 16.3. The SMILES string of the molecule is c1ccc(-c2nc(-c3cc4ccccc4c4ccccc34)nc(-n3c4ccccc4c4ccc5c6ccccc6n(-c6cccc(-c7nc8ccccc8o7)c6)c5c43)n2)cc1. The van der Waals surface area contributed by atoms with E-state index in [4.69, 9.17) is 24.4 Å². The minimum absolute atomic E-state index is 0.539. The molecule has 9 aromatic carbocycles. The Kier molecular flexibility index (Phi) is 7.17. The summed E-state index contributed by atoms with van der Waals surface area (Å²) >= 11 is 0. The molecule has 0 saturated heterocycles. The summed E-state index contributed by atoms with van der Waals surface area (Å²) in [6, 6.07) is 67.5. The largest absolute Gasteiger partial charge is 0.436 e. The average molecular weight is 781 g/mol. The van der Waals surface area contributed by atoms with E-state index in [2.05, 4.69) is 161 Å². The highest BCUT2D eigenvalue weighted by molar-refractivity contribution is 6.24. The summed E-state index contributed by atoms with van der Waals surface area (Å²) in [5.74, 6) is 2.32. The van der Waals surface area contributed by atoms with Crippen molar-refractivity contribution in [2.45, 2.75) is 0 Å². The van der Waals surface area contributed by atoms with Crippen LogP contribution in [-0.4, -0.2) is 29.1 Å². The molecule has 0 bridgehead atoms. The zero-order valence-electron chi connectivity index (χ0n) is 32.6. The van der Waals surface area contributed by atoms with Gasteiger partial charge in [0, 0.05) is 43.9 Å². The van der Waals surface area contributed by atoms with Gasteiger partial charge in [0.15, 0.2) is 17.2 Å². The summed E-state index contributed by atoms with van der Waals surface area (Å²) in [6.07, 6.45) is 0. The van der Waals surface area contributed by atoms with E-state index in [9.17, 15) is 0 Å². The fourth-order valence-corrected chi connectivity index (χ4v) is 9.29. The highest BCUT2D eigenvalue weighted by Gasteiger charge is 2.24. The Bertz CT molecular complexity index is 3860. The van der Waals surface area contributed by atoms with Crippen LogP contribution in [-0.2, 0) is 0 Å². The maximum Gasteiger partial charge on any atom is 0.238 e. The predicted octanol–water partition coefficient (Wildman–Crippen LogP) is 13.5. The van der Waals surface area contributed by atoms with Gasteiger partial charge in [-0.25, -0.2) is 9.97 Å². The molecular formula is C54H32N6O. The Balaban J connectivity index is 1.15. The van der Waals surface area contributed by atoms with Crippen molar-refractivity contribution in [1.82, 2.24) is 29.1 Å². The zero-order valence-corrected chi connectivity index (χ0v) is 32.6. The number of fused-ring (bicyclic) bond motifs is 11. The first-order chi connectivity index (χ1) is 30.2. The second-order valence-corrected chi connectivity index (χ2v) is 15.4. The van der Waals surface area contributed by atoms with Crippen LogP contribution in [0.1, 0.15) is 0 Å². The second kappa shape index (κ2) is 13.0. The van der Waals surface area contributed by atoms with Crippen molar-refractivity contribution in [2.24, 2.45) is 0 Å². The summed E-state index contributed by atoms with van der Waals surface area (Å²) in [4.78, 5) is 21.0. The number of nitrogens with zero attached hydrogens (tertiary/aromatic N) is 6. The molecule has 13 aromatic rings. The molecule has 0 radical (unpaired) electrons. The summed E-state index contributed by atoms with van der Waals surface area (Å²) in [6.45, 7) is 0. The Morgan fingerprint density at radius 2 is 0.984 bits per heavy atom. The van der Waals surface area contributed by atoms with Gasteiger partial charge in [-0.15, -0.1) is 0 Å². The van der Waals surface area contributed by atoms with Crippen molar-refractivity contribution in [3.63, 3.8) is 0 Å². The van der Waals surface area contributed by atoms with Crippen molar-refractivity contribution in [3.8, 4) is 45.9 Å². The standard InChI is InChI=1S/C54H32N6O/c1-2-15-33(16-3-1)51-56-52(44-32-34-17-4-5-20-37(34)38-21-6-7-22-39(38)44)58-54(57-51)60-47-27-12-9-24-41(47)43-30-29-42-40-23-8-11-26-46(40)59(49(42)50(43)60)36-19-14-18-35(31-36)53-55-45-25-10-13-28-48(45)61-53/h1-32H. The van der Waals surface area contributed by atoms with Crippen molar-refractivity contribution in [2.75, 3.05) is 0 Å². The molecule has 4 heterocycles. The van der Waals surface area contributed by atoms with Crippen LogP contribution < -0.4 is 0 Å². The van der Waals surface area contributed by atoms with Gasteiger partial charge in [-0.3, -0.25) is 4.57 Å². The Labute approximate surface area is 348 Å². The summed E-state index contributed by atoms with van der Waals surface area (Å²) in [5.41, 5.74) is 9.46. The lowest BCUT2D eigenvalue weighted by Crippen LogP contribution is -2.07. The van der Waals surface area contributed by atoms with Gasteiger partial charge in [-0.05, 0) is 70.1 Å². The normalized spacial score (nSPS) is 11.9. The zero-order chi connectivity index (χ0) is 40.0. The molecule has 4 aromatic heterocycles. The molecule has 0 unspecified atom stereocenters. The van der Waals surface area contributed by atoms with Crippen LogP contribution in [0.5, 0.6) is 0 Å². The van der Waals surface area contributed by atoms with Crippen LogP contribution in [0.3, 0.4) is 0 Å². The molecule has 284 valence electrons. The topological polar surface area (TPSA) is 74.6 Å². The Morgan fingerprint density at radius 3 is 1.77 bits per heavy atom. The molecule has 0 aliphatic rings. The van der Waals surface area contributed by atoms with Crippen molar-refractivity contribution in [3.05, 3.63) is 194 Å². The number of para-hydroxylation sites is 4. The monoisotopic (exact) mass is 780 g/mol. The van der Waals surface area contributed by atoms with Gasteiger partial charge in [0.25, 0.3) is 0 Å². The Morgan fingerprint density at radius 1 is 0.377 bits per heavy atom. The third-order valence-electron chi connectivity index (χ3n) is 12.0. The van der Waals surface area contributed by atoms with Gasteiger partial charge in [0.2, 0.25) is 11.8 Å². The van der Waals surface area contributed by atoms with Gasteiger partial charge >= 0.3 is 0 Å². The van der Waals surface area contributed by atoms with Crippen molar-refractivity contribution < 1.29 is 4.42 Å². The molecule has 13 rings (SSSR count). The van der Waals surface area contributed by atoms with Crippen LogP contribution in [0.2, 0.25) is 0 Å². The maximum atomic E-state index is 6.29. The molecule has 61 heavy (non-hydrogen) atoms. The van der Waals surface area contributed by atoms with Crippen LogP contribution in [0.25, 0.3) is 122 Å². The average Bonchev–Trinajstić information content (AvgIpc) is 4.02. The fraction of sp³-hybridized carbons (Fsp3) is 0. The van der Waals surface area contributed by atoms with Gasteiger partial charge < -0.3 is 8.98 Å². The summed E-state index contributed by atoms with van der Waals surface area (Å²) in [7, 11) is 0. The Hall–Kier alpha value is -8.42. The van der Waals surface area contributed by atoms with E-state index in [1.807, 2.05) is 42.5 Å². The number of aromatic nitrogens is 6.